The van der Waals surface area contributed by atoms with Gasteiger partial charge in [-0.1, -0.05) is 6.07 Å². The molecule has 17 heavy (non-hydrogen) atoms. The second-order valence-corrected chi connectivity index (χ2v) is 4.92. The molecule has 0 bridgehead atoms. The molecule has 1 aliphatic heterocycles. The summed E-state index contributed by atoms with van der Waals surface area (Å²) >= 11 is 0. The van der Waals surface area contributed by atoms with Crippen molar-refractivity contribution in [1.82, 2.24) is 0 Å². The summed E-state index contributed by atoms with van der Waals surface area (Å²) in [4.78, 5) is 0. The molecule has 1 aliphatic rings. The lowest BCUT2D eigenvalue weighted by molar-refractivity contribution is 0.0450. The van der Waals surface area contributed by atoms with Crippen LogP contribution in [0.1, 0.15) is 24.0 Å². The summed E-state index contributed by atoms with van der Waals surface area (Å²) in [5.41, 5.74) is 8.32. The van der Waals surface area contributed by atoms with Crippen LogP contribution in [0.15, 0.2) is 18.2 Å². The van der Waals surface area contributed by atoms with Crippen molar-refractivity contribution < 1.29 is 9.13 Å². The maximum absolute atomic E-state index is 13.2. The molecule has 0 aromatic heterocycles. The Labute approximate surface area is 102 Å². The van der Waals surface area contributed by atoms with Crippen LogP contribution in [0.2, 0.25) is 0 Å². The van der Waals surface area contributed by atoms with Gasteiger partial charge in [0.05, 0.1) is 6.61 Å². The molecule has 1 aromatic rings. The monoisotopic (exact) mass is 237 g/mol. The molecular weight excluding hydrogens is 217 g/mol. The lowest BCUT2D eigenvalue weighted by atomic mass is 9.89. The van der Waals surface area contributed by atoms with Crippen molar-refractivity contribution in [2.75, 3.05) is 13.2 Å². The van der Waals surface area contributed by atoms with Crippen LogP contribution in [0.5, 0.6) is 0 Å². The van der Waals surface area contributed by atoms with Gasteiger partial charge in [-0.05, 0) is 55.4 Å². The number of halogens is 1. The molecule has 2 rings (SSSR count). The van der Waals surface area contributed by atoms with E-state index in [1.165, 1.54) is 6.07 Å². The van der Waals surface area contributed by atoms with Crippen LogP contribution in [-0.4, -0.2) is 19.3 Å². The summed E-state index contributed by atoms with van der Waals surface area (Å²) in [6.45, 7) is 3.59. The summed E-state index contributed by atoms with van der Waals surface area (Å²) in [5, 5.41) is 0. The second kappa shape index (κ2) is 5.61. The van der Waals surface area contributed by atoms with Crippen LogP contribution in [0.25, 0.3) is 0 Å². The Bertz CT molecular complexity index is 374. The normalized spacial score (nSPS) is 22.4. The highest BCUT2D eigenvalue weighted by Gasteiger charge is 2.21. The first-order valence-electron chi connectivity index (χ1n) is 6.25. The average molecular weight is 237 g/mol. The van der Waals surface area contributed by atoms with Crippen LogP contribution < -0.4 is 5.73 Å². The zero-order chi connectivity index (χ0) is 12.3. The Kier molecular flexibility index (Phi) is 4.13. The Balaban J connectivity index is 2.01. The number of ether oxygens (including phenoxy) is 1. The second-order valence-electron chi connectivity index (χ2n) is 4.92. The molecule has 0 aliphatic carbocycles. The lowest BCUT2D eigenvalue weighted by Gasteiger charge is -2.28. The minimum absolute atomic E-state index is 0.0656. The first-order chi connectivity index (χ1) is 8.16. The van der Waals surface area contributed by atoms with E-state index in [0.717, 1.165) is 43.6 Å². The fourth-order valence-electron chi connectivity index (χ4n) is 2.38. The van der Waals surface area contributed by atoms with Crippen LogP contribution >= 0.6 is 0 Å². The van der Waals surface area contributed by atoms with E-state index >= 15 is 0 Å². The maximum Gasteiger partial charge on any atom is 0.123 e. The van der Waals surface area contributed by atoms with E-state index in [9.17, 15) is 4.39 Å². The molecule has 1 aromatic carbocycles. The largest absolute Gasteiger partial charge is 0.381 e. The van der Waals surface area contributed by atoms with Gasteiger partial charge in [0.15, 0.2) is 0 Å². The summed E-state index contributed by atoms with van der Waals surface area (Å²) < 4.78 is 18.6. The van der Waals surface area contributed by atoms with Gasteiger partial charge in [0.2, 0.25) is 0 Å². The van der Waals surface area contributed by atoms with Crippen molar-refractivity contribution >= 4 is 0 Å². The SMILES string of the molecule is Cc1ccc(F)cc1CC(N)C1CCCOC1. The van der Waals surface area contributed by atoms with Crippen LogP contribution in [0.4, 0.5) is 4.39 Å². The van der Waals surface area contributed by atoms with Crippen molar-refractivity contribution in [2.45, 2.75) is 32.2 Å². The van der Waals surface area contributed by atoms with Gasteiger partial charge in [-0.3, -0.25) is 0 Å². The number of benzene rings is 1. The van der Waals surface area contributed by atoms with Crippen LogP contribution in [-0.2, 0) is 11.2 Å². The molecule has 2 nitrogen and oxygen atoms in total. The summed E-state index contributed by atoms with van der Waals surface area (Å²) in [6, 6.07) is 4.97. The molecule has 0 amide bonds. The smallest absolute Gasteiger partial charge is 0.123 e. The number of nitrogens with two attached hydrogens (primary N) is 1. The van der Waals surface area contributed by atoms with E-state index in [2.05, 4.69) is 0 Å². The molecular formula is C14H20FNO. The average Bonchev–Trinajstić information content (AvgIpc) is 2.35. The number of hydrogen-bond acceptors (Lipinski definition) is 2. The molecule has 1 heterocycles. The predicted octanol–water partition coefficient (Wildman–Crippen LogP) is 2.43. The van der Waals surface area contributed by atoms with Gasteiger partial charge in [0.25, 0.3) is 0 Å². The minimum Gasteiger partial charge on any atom is -0.381 e. The Morgan fingerprint density at radius 3 is 3.06 bits per heavy atom. The van der Waals surface area contributed by atoms with Gasteiger partial charge >= 0.3 is 0 Å². The van der Waals surface area contributed by atoms with E-state index in [4.69, 9.17) is 10.5 Å². The third-order valence-corrected chi connectivity index (χ3v) is 3.57. The van der Waals surface area contributed by atoms with Crippen molar-refractivity contribution in [2.24, 2.45) is 11.7 Å². The summed E-state index contributed by atoms with van der Waals surface area (Å²) in [6.07, 6.45) is 2.94. The highest BCUT2D eigenvalue weighted by molar-refractivity contribution is 5.27. The van der Waals surface area contributed by atoms with Crippen molar-refractivity contribution in [3.05, 3.63) is 35.1 Å². The van der Waals surface area contributed by atoms with Gasteiger partial charge in [-0.2, -0.15) is 0 Å². The third-order valence-electron chi connectivity index (χ3n) is 3.57. The zero-order valence-electron chi connectivity index (χ0n) is 10.3. The molecule has 0 saturated carbocycles. The zero-order valence-corrected chi connectivity index (χ0v) is 10.3. The van der Waals surface area contributed by atoms with Gasteiger partial charge in [0, 0.05) is 12.6 Å². The molecule has 2 N–H and O–H groups in total. The van der Waals surface area contributed by atoms with E-state index in [1.54, 1.807) is 6.07 Å². The van der Waals surface area contributed by atoms with E-state index in [1.807, 2.05) is 13.0 Å². The number of aryl methyl sites for hydroxylation is 1. The third kappa shape index (κ3) is 3.27. The van der Waals surface area contributed by atoms with E-state index < -0.39 is 0 Å². The molecule has 3 heteroatoms. The number of rotatable bonds is 3. The number of hydrogen-bond donors (Lipinski definition) is 1. The van der Waals surface area contributed by atoms with E-state index in [-0.39, 0.29) is 11.9 Å². The van der Waals surface area contributed by atoms with Gasteiger partial charge in [-0.15, -0.1) is 0 Å². The van der Waals surface area contributed by atoms with Crippen molar-refractivity contribution in [1.29, 1.82) is 0 Å². The van der Waals surface area contributed by atoms with E-state index in [0.29, 0.717) is 5.92 Å². The molecule has 2 unspecified atom stereocenters. The molecule has 94 valence electrons. The van der Waals surface area contributed by atoms with Crippen LogP contribution in [0.3, 0.4) is 0 Å². The standard InChI is InChI=1S/C14H20FNO/c1-10-4-5-13(15)7-12(10)8-14(16)11-3-2-6-17-9-11/h4-5,7,11,14H,2-3,6,8-9,16H2,1H3. The molecule has 1 fully saturated rings. The summed E-state index contributed by atoms with van der Waals surface area (Å²) in [5.74, 6) is 0.226. The van der Waals surface area contributed by atoms with Crippen molar-refractivity contribution in [3.8, 4) is 0 Å². The fourth-order valence-corrected chi connectivity index (χ4v) is 2.38. The van der Waals surface area contributed by atoms with Crippen molar-refractivity contribution in [3.63, 3.8) is 0 Å². The Morgan fingerprint density at radius 1 is 1.53 bits per heavy atom. The Morgan fingerprint density at radius 2 is 2.35 bits per heavy atom. The van der Waals surface area contributed by atoms with Gasteiger partial charge in [-0.25, -0.2) is 4.39 Å². The highest BCUT2D eigenvalue weighted by atomic mass is 19.1. The molecule has 1 saturated heterocycles. The fraction of sp³-hybridized carbons (Fsp3) is 0.571. The quantitative estimate of drug-likeness (QED) is 0.876. The Hall–Kier alpha value is -0.930. The molecule has 0 radical (unpaired) electrons. The highest BCUT2D eigenvalue weighted by Crippen LogP contribution is 2.20. The molecule has 0 spiro atoms. The first-order valence-corrected chi connectivity index (χ1v) is 6.25. The van der Waals surface area contributed by atoms with Gasteiger partial charge in [0.1, 0.15) is 5.82 Å². The van der Waals surface area contributed by atoms with Crippen LogP contribution in [0, 0.1) is 18.7 Å². The first kappa shape index (κ1) is 12.5. The minimum atomic E-state index is -0.183. The van der Waals surface area contributed by atoms with Gasteiger partial charge < -0.3 is 10.5 Å². The lowest BCUT2D eigenvalue weighted by Crippen LogP contribution is -2.37. The predicted molar refractivity (Wildman–Crippen MR) is 66.4 cm³/mol. The molecule has 2 atom stereocenters. The summed E-state index contributed by atoms with van der Waals surface area (Å²) in [7, 11) is 0. The topological polar surface area (TPSA) is 35.2 Å². The maximum atomic E-state index is 13.2.